The number of aromatic amines is 1. The predicted octanol–water partition coefficient (Wildman–Crippen LogP) is 2.75. The van der Waals surface area contributed by atoms with Crippen LogP contribution in [0.15, 0.2) is 27.5 Å². The topological polar surface area (TPSA) is 37.8 Å². The quantitative estimate of drug-likeness (QED) is 0.894. The zero-order chi connectivity index (χ0) is 11.0. The van der Waals surface area contributed by atoms with E-state index in [0.29, 0.717) is 5.92 Å². The number of para-hydroxylation sites is 1. The lowest BCUT2D eigenvalue weighted by atomic mass is 10.2. The van der Waals surface area contributed by atoms with Crippen LogP contribution in [0.5, 0.6) is 0 Å². The van der Waals surface area contributed by atoms with Crippen molar-refractivity contribution in [3.63, 3.8) is 0 Å². The second kappa shape index (κ2) is 3.85. The lowest BCUT2D eigenvalue weighted by Gasteiger charge is -2.06. The van der Waals surface area contributed by atoms with Crippen LogP contribution in [0.25, 0.3) is 11.0 Å². The van der Waals surface area contributed by atoms with Crippen molar-refractivity contribution in [3.8, 4) is 0 Å². The third kappa shape index (κ3) is 1.86. The molecule has 0 aliphatic rings. The summed E-state index contributed by atoms with van der Waals surface area (Å²) < 4.78 is 2.74. The molecule has 0 atom stereocenters. The van der Waals surface area contributed by atoms with Gasteiger partial charge in [0.05, 0.1) is 11.0 Å². The highest BCUT2D eigenvalue weighted by molar-refractivity contribution is 9.10. The van der Waals surface area contributed by atoms with Gasteiger partial charge < -0.3 is 4.98 Å². The Balaban J connectivity index is 2.71. The van der Waals surface area contributed by atoms with Crippen molar-refractivity contribution in [3.05, 3.63) is 33.2 Å². The largest absolute Gasteiger partial charge is 0.326 e. The molecule has 1 heterocycles. The fraction of sp³-hybridized carbons (Fsp3) is 0.364. The van der Waals surface area contributed by atoms with E-state index >= 15 is 0 Å². The third-order valence-corrected chi connectivity index (χ3v) is 2.93. The minimum Gasteiger partial charge on any atom is -0.305 e. The van der Waals surface area contributed by atoms with E-state index in [1.54, 1.807) is 4.57 Å². The molecule has 0 fully saturated rings. The lowest BCUT2D eigenvalue weighted by Crippen LogP contribution is -2.19. The van der Waals surface area contributed by atoms with Crippen molar-refractivity contribution in [2.24, 2.45) is 5.92 Å². The minimum absolute atomic E-state index is 0.0365. The van der Waals surface area contributed by atoms with Gasteiger partial charge in [0, 0.05) is 11.0 Å². The first-order chi connectivity index (χ1) is 7.09. The van der Waals surface area contributed by atoms with Gasteiger partial charge in [-0.1, -0.05) is 19.9 Å². The van der Waals surface area contributed by atoms with Gasteiger partial charge in [-0.05, 0) is 34.0 Å². The van der Waals surface area contributed by atoms with Crippen molar-refractivity contribution >= 4 is 27.0 Å². The summed E-state index contributed by atoms with van der Waals surface area (Å²) >= 11 is 3.47. The molecular formula is C11H13BrN2O. The SMILES string of the molecule is CC(C)Cn1c(=O)[nH]c2cccc(Br)c21. The maximum atomic E-state index is 11.7. The van der Waals surface area contributed by atoms with Gasteiger partial charge in [0.2, 0.25) is 0 Å². The summed E-state index contributed by atoms with van der Waals surface area (Å²) in [5, 5.41) is 0. The Bertz CT molecular complexity index is 539. The van der Waals surface area contributed by atoms with Gasteiger partial charge in [-0.25, -0.2) is 4.79 Å². The number of aromatic nitrogens is 2. The van der Waals surface area contributed by atoms with Gasteiger partial charge in [0.25, 0.3) is 0 Å². The molecule has 0 amide bonds. The number of nitrogens with zero attached hydrogens (tertiary/aromatic N) is 1. The van der Waals surface area contributed by atoms with E-state index in [9.17, 15) is 4.79 Å². The van der Waals surface area contributed by atoms with E-state index in [-0.39, 0.29) is 5.69 Å². The zero-order valence-electron chi connectivity index (χ0n) is 8.75. The molecule has 80 valence electrons. The lowest BCUT2D eigenvalue weighted by molar-refractivity contribution is 0.522. The smallest absolute Gasteiger partial charge is 0.305 e. The number of benzene rings is 1. The number of H-pyrrole nitrogens is 1. The first-order valence-electron chi connectivity index (χ1n) is 4.96. The first kappa shape index (κ1) is 10.5. The van der Waals surface area contributed by atoms with Crippen LogP contribution in [-0.4, -0.2) is 9.55 Å². The Morgan fingerprint density at radius 1 is 1.47 bits per heavy atom. The highest BCUT2D eigenvalue weighted by atomic mass is 79.9. The summed E-state index contributed by atoms with van der Waals surface area (Å²) in [5.41, 5.74) is 1.80. The minimum atomic E-state index is -0.0365. The summed E-state index contributed by atoms with van der Waals surface area (Å²) in [6.45, 7) is 4.94. The fourth-order valence-electron chi connectivity index (χ4n) is 1.71. The first-order valence-corrected chi connectivity index (χ1v) is 5.76. The zero-order valence-corrected chi connectivity index (χ0v) is 10.3. The number of hydrogen-bond acceptors (Lipinski definition) is 1. The van der Waals surface area contributed by atoms with E-state index in [1.165, 1.54) is 0 Å². The molecule has 1 N–H and O–H groups in total. The molecule has 0 bridgehead atoms. The molecule has 0 aliphatic heterocycles. The highest BCUT2D eigenvalue weighted by Crippen LogP contribution is 2.21. The van der Waals surface area contributed by atoms with Crippen LogP contribution >= 0.6 is 15.9 Å². The molecule has 15 heavy (non-hydrogen) atoms. The molecule has 0 saturated heterocycles. The number of rotatable bonds is 2. The van der Waals surface area contributed by atoms with Crippen molar-refractivity contribution < 1.29 is 0 Å². The maximum Gasteiger partial charge on any atom is 0.326 e. The number of fused-ring (bicyclic) bond motifs is 1. The van der Waals surface area contributed by atoms with Crippen LogP contribution in [0.3, 0.4) is 0 Å². The van der Waals surface area contributed by atoms with Gasteiger partial charge in [-0.3, -0.25) is 4.57 Å². The summed E-state index contributed by atoms with van der Waals surface area (Å²) in [4.78, 5) is 14.6. The van der Waals surface area contributed by atoms with E-state index < -0.39 is 0 Å². The normalized spacial score (nSPS) is 11.5. The average molecular weight is 269 g/mol. The molecule has 0 unspecified atom stereocenters. The molecule has 0 radical (unpaired) electrons. The third-order valence-electron chi connectivity index (χ3n) is 2.29. The van der Waals surface area contributed by atoms with Crippen molar-refractivity contribution in [2.75, 3.05) is 0 Å². The van der Waals surface area contributed by atoms with E-state index in [4.69, 9.17) is 0 Å². The molecule has 1 aromatic carbocycles. The Morgan fingerprint density at radius 3 is 2.87 bits per heavy atom. The molecule has 2 rings (SSSR count). The molecule has 0 spiro atoms. The second-order valence-electron chi connectivity index (χ2n) is 4.07. The van der Waals surface area contributed by atoms with Crippen LogP contribution in [0.4, 0.5) is 0 Å². The maximum absolute atomic E-state index is 11.7. The Kier molecular flexibility index (Phi) is 2.69. The van der Waals surface area contributed by atoms with Crippen LogP contribution < -0.4 is 5.69 Å². The van der Waals surface area contributed by atoms with Gasteiger partial charge >= 0.3 is 5.69 Å². The van der Waals surface area contributed by atoms with Crippen LogP contribution in [-0.2, 0) is 6.54 Å². The molecule has 0 saturated carbocycles. The van der Waals surface area contributed by atoms with Crippen molar-refractivity contribution in [2.45, 2.75) is 20.4 Å². The molecule has 4 heteroatoms. The Hall–Kier alpha value is -1.03. The standard InChI is InChI=1S/C11H13BrN2O/c1-7(2)6-14-10-8(12)4-3-5-9(10)13-11(14)15/h3-5,7H,6H2,1-2H3,(H,13,15). The Morgan fingerprint density at radius 2 is 2.20 bits per heavy atom. The molecule has 2 aromatic rings. The van der Waals surface area contributed by atoms with Gasteiger partial charge in [-0.2, -0.15) is 0 Å². The second-order valence-corrected chi connectivity index (χ2v) is 4.92. The van der Waals surface area contributed by atoms with E-state index in [2.05, 4.69) is 34.8 Å². The molecular weight excluding hydrogens is 256 g/mol. The summed E-state index contributed by atoms with van der Waals surface area (Å²) in [6, 6.07) is 5.78. The van der Waals surface area contributed by atoms with Crippen LogP contribution in [0.1, 0.15) is 13.8 Å². The number of imidazole rings is 1. The van der Waals surface area contributed by atoms with Crippen LogP contribution in [0.2, 0.25) is 0 Å². The number of halogens is 1. The highest BCUT2D eigenvalue weighted by Gasteiger charge is 2.10. The average Bonchev–Trinajstić information content (AvgIpc) is 2.43. The summed E-state index contributed by atoms with van der Waals surface area (Å²) in [7, 11) is 0. The van der Waals surface area contributed by atoms with E-state index in [0.717, 1.165) is 22.1 Å². The summed E-state index contributed by atoms with van der Waals surface area (Å²) in [5.74, 6) is 0.453. The number of hydrogen-bond donors (Lipinski definition) is 1. The van der Waals surface area contributed by atoms with Crippen molar-refractivity contribution in [1.29, 1.82) is 0 Å². The fourth-order valence-corrected chi connectivity index (χ4v) is 2.29. The van der Waals surface area contributed by atoms with Gasteiger partial charge in [-0.15, -0.1) is 0 Å². The molecule has 1 aromatic heterocycles. The number of nitrogens with one attached hydrogen (secondary N) is 1. The van der Waals surface area contributed by atoms with Crippen molar-refractivity contribution in [1.82, 2.24) is 9.55 Å². The van der Waals surface area contributed by atoms with Gasteiger partial charge in [0.1, 0.15) is 0 Å². The van der Waals surface area contributed by atoms with E-state index in [1.807, 2.05) is 18.2 Å². The molecule has 0 aliphatic carbocycles. The van der Waals surface area contributed by atoms with Gasteiger partial charge in [0.15, 0.2) is 0 Å². The van der Waals surface area contributed by atoms with Crippen LogP contribution in [0, 0.1) is 5.92 Å². The Labute approximate surface area is 96.2 Å². The molecule has 3 nitrogen and oxygen atoms in total. The summed E-state index contributed by atoms with van der Waals surface area (Å²) in [6.07, 6.45) is 0. The monoisotopic (exact) mass is 268 g/mol. The predicted molar refractivity (Wildman–Crippen MR) is 65.1 cm³/mol.